The Kier molecular flexibility index (Phi) is 30.1. The Morgan fingerprint density at radius 1 is 0.618 bits per heavy atom. The van der Waals surface area contributed by atoms with Crippen LogP contribution in [-0.2, 0) is 38.7 Å². The third kappa shape index (κ3) is 27.8. The molecule has 0 spiro atoms. The van der Waals surface area contributed by atoms with E-state index in [-0.39, 0.29) is 19.4 Å². The van der Waals surface area contributed by atoms with Crippen LogP contribution in [0.25, 0.3) is 0 Å². The number of aliphatic hydroxyl groups is 3. The van der Waals surface area contributed by atoms with E-state index >= 15 is 0 Å². The van der Waals surface area contributed by atoms with Crippen molar-refractivity contribution >= 4 is 22.1 Å². The third-order valence-electron chi connectivity index (χ3n) is 9.16. The van der Waals surface area contributed by atoms with E-state index in [2.05, 4.69) is 50.3 Å². The van der Waals surface area contributed by atoms with Crippen molar-refractivity contribution < 1.29 is 56.8 Å². The van der Waals surface area contributed by atoms with E-state index < -0.39 is 71.2 Å². The van der Waals surface area contributed by atoms with Crippen molar-refractivity contribution in [2.24, 2.45) is 0 Å². The summed E-state index contributed by atoms with van der Waals surface area (Å²) in [5.41, 5.74) is 0. The first-order valence-electron chi connectivity index (χ1n) is 20.7. The van der Waals surface area contributed by atoms with Gasteiger partial charge in [0.1, 0.15) is 36.8 Å². The van der Waals surface area contributed by atoms with Crippen LogP contribution in [0.15, 0.2) is 48.6 Å². The van der Waals surface area contributed by atoms with Crippen molar-refractivity contribution in [3.05, 3.63) is 48.6 Å². The lowest BCUT2D eigenvalue weighted by Gasteiger charge is -2.40. The number of rotatable bonds is 33. The average molecular weight is 801 g/mol. The highest BCUT2D eigenvalue weighted by Crippen LogP contribution is 2.24. The number of esters is 2. The van der Waals surface area contributed by atoms with Gasteiger partial charge in [0.15, 0.2) is 12.4 Å². The molecule has 2 unspecified atom stereocenters. The highest BCUT2D eigenvalue weighted by atomic mass is 32.2. The summed E-state index contributed by atoms with van der Waals surface area (Å²) in [7, 11) is -4.61. The summed E-state index contributed by atoms with van der Waals surface area (Å²) in [5, 5.41) is 30.8. The quantitative estimate of drug-likeness (QED) is 0.0221. The molecule has 0 aromatic carbocycles. The first-order chi connectivity index (χ1) is 26.5. The Labute approximate surface area is 331 Å². The lowest BCUT2D eigenvalue weighted by molar-refractivity contribution is -0.297. The standard InChI is InChI=1S/C42H72O12S/c1-3-5-7-9-11-13-15-16-17-18-19-20-21-23-25-27-29-31-38(44)53-35(32-51-37(43)30-28-26-24-22-14-12-10-8-6-4-2)33-52-42-41(47)40(46)39(45)36(54-42)34-55(48,49)50/h11,13,16-17,19-20,23,25,35-36,39-42,45-47H,3-10,12,14-15,18,21-22,24,26-34H2,1-2H3,(H,48,49,50)/b13-11+,17-16+,20-19+,25-23+/t35-,36-,39-,40?,41?,42+/m1/s1. The minimum absolute atomic E-state index is 0.0883. The van der Waals surface area contributed by atoms with Crippen LogP contribution < -0.4 is 0 Å². The van der Waals surface area contributed by atoms with E-state index in [9.17, 15) is 37.9 Å². The molecule has 1 rings (SSSR count). The summed E-state index contributed by atoms with van der Waals surface area (Å²) in [5.74, 6) is -2.06. The SMILES string of the molecule is CCCCC/C=C/C/C=C/C/C=C/C/C=C/CCCC(=O)O[C@H](COC(=O)CCCCCCCCCCCC)CO[C@H]1O[C@H](CS(=O)(=O)O)[C@@H](O)C(O)C1O. The van der Waals surface area contributed by atoms with Crippen molar-refractivity contribution in [3.63, 3.8) is 0 Å². The van der Waals surface area contributed by atoms with Gasteiger partial charge in [0.05, 0.1) is 6.61 Å². The van der Waals surface area contributed by atoms with E-state index in [0.29, 0.717) is 19.3 Å². The minimum atomic E-state index is -4.61. The zero-order valence-corrected chi connectivity index (χ0v) is 34.3. The van der Waals surface area contributed by atoms with Gasteiger partial charge in [-0.05, 0) is 51.4 Å². The Morgan fingerprint density at radius 3 is 1.67 bits per heavy atom. The van der Waals surface area contributed by atoms with Gasteiger partial charge in [0.2, 0.25) is 0 Å². The molecule has 1 aliphatic rings. The zero-order chi connectivity index (χ0) is 40.6. The van der Waals surface area contributed by atoms with Gasteiger partial charge in [0, 0.05) is 12.8 Å². The van der Waals surface area contributed by atoms with Crippen LogP contribution >= 0.6 is 0 Å². The lowest BCUT2D eigenvalue weighted by atomic mass is 10.00. The maximum absolute atomic E-state index is 12.7. The van der Waals surface area contributed by atoms with Crippen molar-refractivity contribution in [1.82, 2.24) is 0 Å². The second-order valence-electron chi connectivity index (χ2n) is 14.3. The summed E-state index contributed by atoms with van der Waals surface area (Å²) < 4.78 is 53.8. The fourth-order valence-corrected chi connectivity index (χ4v) is 6.59. The number of hydrogen-bond donors (Lipinski definition) is 4. The summed E-state index contributed by atoms with van der Waals surface area (Å²) in [6.07, 6.45) is 27.5. The van der Waals surface area contributed by atoms with Gasteiger partial charge in [-0.15, -0.1) is 0 Å². The predicted molar refractivity (Wildman–Crippen MR) is 215 cm³/mol. The summed E-state index contributed by atoms with van der Waals surface area (Å²) in [6.45, 7) is 3.64. The molecule has 0 amide bonds. The predicted octanol–water partition coefficient (Wildman–Crippen LogP) is 7.61. The zero-order valence-electron chi connectivity index (χ0n) is 33.5. The van der Waals surface area contributed by atoms with Crippen LogP contribution in [0.3, 0.4) is 0 Å². The molecule has 0 radical (unpaired) electrons. The summed E-state index contributed by atoms with van der Waals surface area (Å²) in [6, 6.07) is 0. The molecule has 4 N–H and O–H groups in total. The molecule has 12 nitrogen and oxygen atoms in total. The van der Waals surface area contributed by atoms with Gasteiger partial charge in [-0.3, -0.25) is 14.1 Å². The fraction of sp³-hybridized carbons (Fsp3) is 0.762. The monoisotopic (exact) mass is 800 g/mol. The van der Waals surface area contributed by atoms with E-state index in [1.165, 1.54) is 57.8 Å². The second-order valence-corrected chi connectivity index (χ2v) is 15.8. The van der Waals surface area contributed by atoms with Crippen molar-refractivity contribution in [2.75, 3.05) is 19.0 Å². The van der Waals surface area contributed by atoms with Gasteiger partial charge >= 0.3 is 11.9 Å². The Balaban J connectivity index is 2.54. The van der Waals surface area contributed by atoms with Crippen LogP contribution in [0.1, 0.15) is 149 Å². The summed E-state index contributed by atoms with van der Waals surface area (Å²) >= 11 is 0. The first-order valence-corrected chi connectivity index (χ1v) is 22.3. The first kappa shape index (κ1) is 50.6. The van der Waals surface area contributed by atoms with Crippen LogP contribution in [0.5, 0.6) is 0 Å². The second kappa shape index (κ2) is 32.7. The smallest absolute Gasteiger partial charge is 0.306 e. The van der Waals surface area contributed by atoms with Gasteiger partial charge in [-0.2, -0.15) is 8.42 Å². The molecule has 55 heavy (non-hydrogen) atoms. The molecule has 6 atom stereocenters. The number of aliphatic hydroxyl groups excluding tert-OH is 3. The molecule has 0 aromatic rings. The average Bonchev–Trinajstić information content (AvgIpc) is 3.14. The molecular weight excluding hydrogens is 729 g/mol. The largest absolute Gasteiger partial charge is 0.462 e. The molecule has 13 heteroatoms. The lowest BCUT2D eigenvalue weighted by Crippen LogP contribution is -2.60. The molecule has 318 valence electrons. The summed E-state index contributed by atoms with van der Waals surface area (Å²) in [4.78, 5) is 25.2. The van der Waals surface area contributed by atoms with Crippen molar-refractivity contribution in [2.45, 2.75) is 185 Å². The van der Waals surface area contributed by atoms with Crippen LogP contribution in [0, 0.1) is 0 Å². The number of ether oxygens (including phenoxy) is 4. The Morgan fingerprint density at radius 2 is 1.11 bits per heavy atom. The number of allylic oxidation sites excluding steroid dienone is 8. The van der Waals surface area contributed by atoms with Gasteiger partial charge in [0.25, 0.3) is 10.1 Å². The maximum atomic E-state index is 12.7. The van der Waals surface area contributed by atoms with E-state index in [0.717, 1.165) is 44.9 Å². The van der Waals surface area contributed by atoms with E-state index in [1.54, 1.807) is 0 Å². The van der Waals surface area contributed by atoms with Gasteiger partial charge in [-0.1, -0.05) is 133 Å². The number of carbonyl (C=O) groups is 2. The van der Waals surface area contributed by atoms with Crippen LogP contribution in [0.4, 0.5) is 0 Å². The minimum Gasteiger partial charge on any atom is -0.462 e. The number of hydrogen-bond acceptors (Lipinski definition) is 11. The van der Waals surface area contributed by atoms with Crippen LogP contribution in [-0.4, -0.2) is 96.0 Å². The van der Waals surface area contributed by atoms with Crippen molar-refractivity contribution in [3.8, 4) is 0 Å². The maximum Gasteiger partial charge on any atom is 0.306 e. The van der Waals surface area contributed by atoms with Crippen molar-refractivity contribution in [1.29, 1.82) is 0 Å². The molecule has 1 fully saturated rings. The molecule has 0 aromatic heterocycles. The van der Waals surface area contributed by atoms with E-state index in [1.807, 2.05) is 12.2 Å². The molecule has 0 saturated carbocycles. The highest BCUT2D eigenvalue weighted by molar-refractivity contribution is 7.85. The number of unbranched alkanes of at least 4 members (excludes halogenated alkanes) is 13. The topological polar surface area (TPSA) is 186 Å². The Bertz CT molecular complexity index is 1210. The molecule has 0 aliphatic carbocycles. The van der Waals surface area contributed by atoms with E-state index in [4.69, 9.17) is 18.9 Å². The highest BCUT2D eigenvalue weighted by Gasteiger charge is 2.46. The third-order valence-corrected chi connectivity index (χ3v) is 9.91. The van der Waals surface area contributed by atoms with Gasteiger partial charge in [-0.25, -0.2) is 0 Å². The molecule has 1 aliphatic heterocycles. The molecular formula is C42H72O12S. The normalized spacial score (nSPS) is 21.3. The molecule has 1 saturated heterocycles. The molecule has 0 bridgehead atoms. The Hall–Kier alpha value is -2.39. The fourth-order valence-electron chi connectivity index (χ4n) is 5.90. The van der Waals surface area contributed by atoms with Gasteiger partial charge < -0.3 is 34.3 Å². The molecule has 1 heterocycles. The number of carbonyl (C=O) groups excluding carboxylic acids is 2. The van der Waals surface area contributed by atoms with Crippen LogP contribution in [0.2, 0.25) is 0 Å².